The quantitative estimate of drug-likeness (QED) is 0.799. The summed E-state index contributed by atoms with van der Waals surface area (Å²) < 4.78 is 6.17. The summed E-state index contributed by atoms with van der Waals surface area (Å²) in [5.41, 5.74) is 1.74. The third-order valence-electron chi connectivity index (χ3n) is 6.99. The van der Waals surface area contributed by atoms with E-state index in [1.807, 2.05) is 41.4 Å². The number of carbonyl (C=O) groups excluding carboxylic acids is 1. The Morgan fingerprint density at radius 3 is 2.65 bits per heavy atom. The average Bonchev–Trinajstić information content (AvgIpc) is 3.12. The zero-order valence-electron chi connectivity index (χ0n) is 17.9. The highest BCUT2D eigenvalue weighted by Gasteiger charge is 2.34. The number of aliphatic hydroxyl groups is 1. The van der Waals surface area contributed by atoms with E-state index < -0.39 is 6.10 Å². The molecule has 2 fully saturated rings. The van der Waals surface area contributed by atoms with Gasteiger partial charge in [0.15, 0.2) is 0 Å². The molecule has 1 saturated heterocycles. The van der Waals surface area contributed by atoms with Gasteiger partial charge in [-0.25, -0.2) is 4.98 Å². The van der Waals surface area contributed by atoms with Gasteiger partial charge >= 0.3 is 0 Å². The first-order chi connectivity index (χ1) is 15.2. The first-order valence-corrected chi connectivity index (χ1v) is 11.6. The lowest BCUT2D eigenvalue weighted by atomic mass is 9.94. The van der Waals surface area contributed by atoms with Gasteiger partial charge in [-0.2, -0.15) is 0 Å². The number of hydrogen-bond acceptors (Lipinski definition) is 5. The number of benzene rings is 1. The van der Waals surface area contributed by atoms with Crippen LogP contribution in [0.3, 0.4) is 0 Å². The van der Waals surface area contributed by atoms with Crippen LogP contribution < -0.4 is 9.64 Å². The maximum atomic E-state index is 13.3. The van der Waals surface area contributed by atoms with Crippen molar-refractivity contribution < 1.29 is 14.6 Å². The molecule has 2 atom stereocenters. The van der Waals surface area contributed by atoms with Crippen LogP contribution in [0.4, 0.5) is 5.82 Å². The molecule has 3 aliphatic rings. The van der Waals surface area contributed by atoms with Crippen LogP contribution in [0.1, 0.15) is 54.4 Å². The van der Waals surface area contributed by atoms with Crippen LogP contribution in [0.25, 0.3) is 0 Å². The van der Waals surface area contributed by atoms with Crippen LogP contribution in [0.15, 0.2) is 42.6 Å². The van der Waals surface area contributed by atoms with Crippen LogP contribution in [0, 0.1) is 5.92 Å². The van der Waals surface area contributed by atoms with Crippen LogP contribution in [0.2, 0.25) is 0 Å². The normalized spacial score (nSPS) is 24.4. The van der Waals surface area contributed by atoms with Crippen LogP contribution in [0.5, 0.6) is 5.75 Å². The van der Waals surface area contributed by atoms with E-state index in [0.29, 0.717) is 23.8 Å². The topological polar surface area (TPSA) is 65.9 Å². The standard InChI is InChI=1S/C25H31N3O3/c29-20-7-1-2-8-21(20)31-22-9-5-6-19-17-28(25(30)24(19)22)16-18-11-14-27(15-12-18)23-10-3-4-13-26-23/h3-6,9-10,13,18,20-21,29H,1-2,7-8,11-12,14-17H2. The summed E-state index contributed by atoms with van der Waals surface area (Å²) in [7, 11) is 0. The van der Waals surface area contributed by atoms with Crippen molar-refractivity contribution in [2.24, 2.45) is 5.92 Å². The minimum absolute atomic E-state index is 0.0723. The zero-order valence-corrected chi connectivity index (χ0v) is 17.9. The van der Waals surface area contributed by atoms with Gasteiger partial charge in [-0.3, -0.25) is 4.79 Å². The highest BCUT2D eigenvalue weighted by molar-refractivity contribution is 6.01. The van der Waals surface area contributed by atoms with E-state index in [9.17, 15) is 9.90 Å². The molecule has 2 aromatic rings. The molecule has 1 saturated carbocycles. The van der Waals surface area contributed by atoms with Crippen molar-refractivity contribution in [1.29, 1.82) is 0 Å². The summed E-state index contributed by atoms with van der Waals surface area (Å²) in [4.78, 5) is 22.0. The Bertz CT molecular complexity index is 911. The molecule has 5 rings (SSSR count). The molecule has 6 nitrogen and oxygen atoms in total. The number of nitrogens with zero attached hydrogens (tertiary/aromatic N) is 3. The van der Waals surface area contributed by atoms with E-state index in [2.05, 4.69) is 16.0 Å². The lowest BCUT2D eigenvalue weighted by molar-refractivity contribution is 0.00635. The first-order valence-electron chi connectivity index (χ1n) is 11.6. The summed E-state index contributed by atoms with van der Waals surface area (Å²) >= 11 is 0. The summed E-state index contributed by atoms with van der Waals surface area (Å²) in [5.74, 6) is 2.25. The van der Waals surface area contributed by atoms with Gasteiger partial charge in [-0.05, 0) is 61.8 Å². The molecular weight excluding hydrogens is 390 g/mol. The second-order valence-electron chi connectivity index (χ2n) is 9.10. The van der Waals surface area contributed by atoms with Gasteiger partial charge in [0.25, 0.3) is 5.91 Å². The third kappa shape index (κ3) is 4.26. The van der Waals surface area contributed by atoms with Crippen molar-refractivity contribution in [1.82, 2.24) is 9.88 Å². The van der Waals surface area contributed by atoms with E-state index in [4.69, 9.17) is 4.74 Å². The maximum absolute atomic E-state index is 13.3. The van der Waals surface area contributed by atoms with E-state index in [1.54, 1.807) is 0 Å². The lowest BCUT2D eigenvalue weighted by Gasteiger charge is -2.34. The fraction of sp³-hybridized carbons (Fsp3) is 0.520. The Morgan fingerprint density at radius 2 is 1.87 bits per heavy atom. The van der Waals surface area contributed by atoms with Crippen molar-refractivity contribution in [3.8, 4) is 5.75 Å². The minimum atomic E-state index is -0.443. The Balaban J connectivity index is 1.22. The Morgan fingerprint density at radius 1 is 1.03 bits per heavy atom. The van der Waals surface area contributed by atoms with Gasteiger partial charge in [-0.1, -0.05) is 24.6 Å². The molecule has 2 aliphatic heterocycles. The number of amides is 1. The van der Waals surface area contributed by atoms with E-state index in [0.717, 1.165) is 69.5 Å². The van der Waals surface area contributed by atoms with Crippen molar-refractivity contribution in [3.05, 3.63) is 53.7 Å². The summed E-state index contributed by atoms with van der Waals surface area (Å²) in [6, 6.07) is 11.9. The first kappa shape index (κ1) is 20.3. The van der Waals surface area contributed by atoms with Crippen molar-refractivity contribution in [2.45, 2.75) is 57.3 Å². The predicted molar refractivity (Wildman–Crippen MR) is 119 cm³/mol. The highest BCUT2D eigenvalue weighted by Crippen LogP contribution is 2.35. The predicted octanol–water partition coefficient (Wildman–Crippen LogP) is 3.64. The molecule has 164 valence electrons. The summed E-state index contributed by atoms with van der Waals surface area (Å²) in [6.45, 7) is 3.39. The maximum Gasteiger partial charge on any atom is 0.258 e. The molecule has 6 heteroatoms. The van der Waals surface area contributed by atoms with E-state index in [-0.39, 0.29) is 12.0 Å². The number of fused-ring (bicyclic) bond motifs is 1. The third-order valence-corrected chi connectivity index (χ3v) is 6.99. The largest absolute Gasteiger partial charge is 0.487 e. The SMILES string of the molecule is O=C1c2c(cccc2OC2CCCCC2O)CN1CC1CCN(c2ccccn2)CC1. The molecule has 1 amide bonds. The summed E-state index contributed by atoms with van der Waals surface area (Å²) in [5, 5.41) is 10.3. The molecule has 0 spiro atoms. The van der Waals surface area contributed by atoms with Crippen LogP contribution in [-0.4, -0.2) is 52.7 Å². The van der Waals surface area contributed by atoms with Gasteiger partial charge < -0.3 is 19.6 Å². The Kier molecular flexibility index (Phi) is 5.81. The second kappa shape index (κ2) is 8.87. The second-order valence-corrected chi connectivity index (χ2v) is 9.10. The van der Waals surface area contributed by atoms with Gasteiger partial charge in [0.2, 0.25) is 0 Å². The Hall–Kier alpha value is -2.60. The molecule has 3 heterocycles. The number of carbonyl (C=O) groups is 1. The molecule has 1 N–H and O–H groups in total. The minimum Gasteiger partial charge on any atom is -0.487 e. The lowest BCUT2D eigenvalue weighted by Crippen LogP contribution is -2.39. The van der Waals surface area contributed by atoms with E-state index in [1.165, 1.54) is 0 Å². The molecular formula is C25H31N3O3. The van der Waals surface area contributed by atoms with Gasteiger partial charge in [-0.15, -0.1) is 0 Å². The number of aromatic nitrogens is 1. The fourth-order valence-corrected chi connectivity index (χ4v) is 5.21. The molecule has 1 aromatic carbocycles. The number of anilines is 1. The Labute approximate surface area is 183 Å². The van der Waals surface area contributed by atoms with Crippen molar-refractivity contribution in [2.75, 3.05) is 24.5 Å². The number of hydrogen-bond donors (Lipinski definition) is 1. The number of ether oxygens (including phenoxy) is 1. The van der Waals surface area contributed by atoms with Crippen molar-refractivity contribution in [3.63, 3.8) is 0 Å². The van der Waals surface area contributed by atoms with Gasteiger partial charge in [0.05, 0.1) is 11.7 Å². The van der Waals surface area contributed by atoms with Crippen LogP contribution >= 0.6 is 0 Å². The number of pyridine rings is 1. The van der Waals surface area contributed by atoms with Gasteiger partial charge in [0, 0.05) is 32.4 Å². The van der Waals surface area contributed by atoms with Crippen LogP contribution in [-0.2, 0) is 6.54 Å². The number of rotatable bonds is 5. The fourth-order valence-electron chi connectivity index (χ4n) is 5.21. The number of piperidine rings is 1. The molecule has 2 unspecified atom stereocenters. The van der Waals surface area contributed by atoms with E-state index >= 15 is 0 Å². The highest BCUT2D eigenvalue weighted by atomic mass is 16.5. The van der Waals surface area contributed by atoms with Gasteiger partial charge in [0.1, 0.15) is 17.7 Å². The zero-order chi connectivity index (χ0) is 21.2. The molecule has 31 heavy (non-hydrogen) atoms. The molecule has 0 bridgehead atoms. The molecule has 1 aromatic heterocycles. The molecule has 1 aliphatic carbocycles. The average molecular weight is 422 g/mol. The number of aliphatic hydroxyl groups excluding tert-OH is 1. The smallest absolute Gasteiger partial charge is 0.258 e. The summed E-state index contributed by atoms with van der Waals surface area (Å²) in [6.07, 6.45) is 7.04. The van der Waals surface area contributed by atoms with Crippen molar-refractivity contribution >= 4 is 11.7 Å². The monoisotopic (exact) mass is 421 g/mol. The molecule has 0 radical (unpaired) electrons.